The molecule has 6 nitrogen and oxygen atoms in total. The van der Waals surface area contributed by atoms with Crippen LogP contribution in [0, 0.1) is 0 Å². The normalized spacial score (nSPS) is 12.4. The highest BCUT2D eigenvalue weighted by atomic mass is 16.6. The summed E-state index contributed by atoms with van der Waals surface area (Å²) < 4.78 is 16.8. The lowest BCUT2D eigenvalue weighted by Crippen LogP contribution is -2.30. The van der Waals surface area contributed by atoms with Crippen molar-refractivity contribution in [3.05, 3.63) is 48.6 Å². The monoisotopic (exact) mass is 841 g/mol. The van der Waals surface area contributed by atoms with Gasteiger partial charge < -0.3 is 14.2 Å². The molecule has 0 saturated carbocycles. The van der Waals surface area contributed by atoms with Crippen LogP contribution in [0.3, 0.4) is 0 Å². The Morgan fingerprint density at radius 3 is 1.07 bits per heavy atom. The average molecular weight is 841 g/mol. The fourth-order valence-corrected chi connectivity index (χ4v) is 7.22. The fraction of sp³-hybridized carbons (Fsp3) is 0.796. The highest BCUT2D eigenvalue weighted by molar-refractivity contribution is 5.71. The Balaban J connectivity index is 4.38. The number of allylic oxidation sites excluding steroid dienone is 8. The second kappa shape index (κ2) is 49.0. The second-order valence-electron chi connectivity index (χ2n) is 17.1. The molecule has 0 bridgehead atoms. The van der Waals surface area contributed by atoms with E-state index >= 15 is 0 Å². The van der Waals surface area contributed by atoms with E-state index in [2.05, 4.69) is 69.4 Å². The zero-order chi connectivity index (χ0) is 43.7. The molecule has 0 aliphatic heterocycles. The number of rotatable bonds is 46. The van der Waals surface area contributed by atoms with Gasteiger partial charge in [-0.05, 0) is 77.0 Å². The highest BCUT2D eigenvalue weighted by Crippen LogP contribution is 2.15. The van der Waals surface area contributed by atoms with Gasteiger partial charge in [0.05, 0.1) is 0 Å². The Kier molecular flexibility index (Phi) is 46.9. The second-order valence-corrected chi connectivity index (χ2v) is 17.1. The van der Waals surface area contributed by atoms with E-state index in [0.717, 1.165) is 96.3 Å². The number of ether oxygens (including phenoxy) is 3. The van der Waals surface area contributed by atoms with E-state index < -0.39 is 6.10 Å². The van der Waals surface area contributed by atoms with Crippen LogP contribution in [-0.4, -0.2) is 37.2 Å². The Labute approximate surface area is 371 Å². The number of hydrogen-bond donors (Lipinski definition) is 0. The third-order valence-electron chi connectivity index (χ3n) is 11.1. The lowest BCUT2D eigenvalue weighted by atomic mass is 10.0. The van der Waals surface area contributed by atoms with E-state index in [1.54, 1.807) is 0 Å². The van der Waals surface area contributed by atoms with E-state index in [-0.39, 0.29) is 31.1 Å². The summed E-state index contributed by atoms with van der Waals surface area (Å²) in [6.45, 7) is 6.49. The molecular weight excluding hydrogens is 745 g/mol. The van der Waals surface area contributed by atoms with E-state index in [1.165, 1.54) is 122 Å². The molecule has 0 rings (SSSR count). The van der Waals surface area contributed by atoms with Gasteiger partial charge in [-0.3, -0.25) is 14.4 Å². The van der Waals surface area contributed by atoms with Crippen LogP contribution >= 0.6 is 0 Å². The molecule has 0 N–H and O–H groups in total. The van der Waals surface area contributed by atoms with Gasteiger partial charge in [0.15, 0.2) is 6.10 Å². The van der Waals surface area contributed by atoms with Gasteiger partial charge in [0.2, 0.25) is 0 Å². The standard InChI is InChI=1S/C54H96O6/c1-4-7-10-13-16-19-22-25-27-28-30-32-35-38-41-44-47-53(56)59-50-51(49-58-52(55)46-43-40-37-34-31-24-21-18-15-12-9-6-3)60-54(57)48-45-42-39-36-33-29-26-23-20-17-14-11-8-5-2/h8,11,17-18,20-21,26,29,51H,4-7,9-10,12-16,19,22-25,27-28,30-50H2,1-3H3/b11-8-,20-17-,21-18-,29-26-. The molecule has 0 amide bonds. The number of carbonyl (C=O) groups excluding carboxylic acids is 3. The minimum Gasteiger partial charge on any atom is -0.462 e. The zero-order valence-electron chi connectivity index (χ0n) is 39.7. The van der Waals surface area contributed by atoms with Crippen LogP contribution in [0.15, 0.2) is 48.6 Å². The Morgan fingerprint density at radius 1 is 0.350 bits per heavy atom. The molecule has 0 aromatic rings. The predicted octanol–water partition coefficient (Wildman–Crippen LogP) is 16.7. The molecule has 1 atom stereocenters. The largest absolute Gasteiger partial charge is 0.462 e. The summed E-state index contributed by atoms with van der Waals surface area (Å²) >= 11 is 0. The van der Waals surface area contributed by atoms with Crippen molar-refractivity contribution in [1.82, 2.24) is 0 Å². The summed E-state index contributed by atoms with van der Waals surface area (Å²) in [6.07, 6.45) is 58.1. The minimum absolute atomic E-state index is 0.0826. The number of unbranched alkanes of at least 4 members (excludes halogenated alkanes) is 27. The van der Waals surface area contributed by atoms with Gasteiger partial charge in [-0.1, -0.05) is 211 Å². The number of esters is 3. The Bertz CT molecular complexity index is 1060. The van der Waals surface area contributed by atoms with Crippen molar-refractivity contribution in [3.63, 3.8) is 0 Å². The molecule has 0 fully saturated rings. The van der Waals surface area contributed by atoms with Gasteiger partial charge in [-0.25, -0.2) is 0 Å². The van der Waals surface area contributed by atoms with Crippen LogP contribution in [0.25, 0.3) is 0 Å². The van der Waals surface area contributed by atoms with Gasteiger partial charge in [0, 0.05) is 19.3 Å². The molecule has 60 heavy (non-hydrogen) atoms. The smallest absolute Gasteiger partial charge is 0.306 e. The third-order valence-corrected chi connectivity index (χ3v) is 11.1. The zero-order valence-corrected chi connectivity index (χ0v) is 39.7. The summed E-state index contributed by atoms with van der Waals surface area (Å²) in [4.78, 5) is 37.9. The van der Waals surface area contributed by atoms with Crippen LogP contribution in [0.5, 0.6) is 0 Å². The van der Waals surface area contributed by atoms with Crippen molar-refractivity contribution >= 4 is 17.9 Å². The minimum atomic E-state index is -0.784. The van der Waals surface area contributed by atoms with Crippen molar-refractivity contribution in [2.75, 3.05) is 13.2 Å². The van der Waals surface area contributed by atoms with Crippen LogP contribution in [0.4, 0.5) is 0 Å². The van der Waals surface area contributed by atoms with Gasteiger partial charge in [-0.15, -0.1) is 0 Å². The predicted molar refractivity (Wildman–Crippen MR) is 256 cm³/mol. The first-order chi connectivity index (χ1) is 29.5. The Morgan fingerprint density at radius 2 is 0.650 bits per heavy atom. The summed E-state index contributed by atoms with van der Waals surface area (Å²) in [7, 11) is 0. The molecule has 0 saturated heterocycles. The average Bonchev–Trinajstić information content (AvgIpc) is 3.24. The maximum atomic E-state index is 12.8. The molecule has 0 aliphatic carbocycles. The van der Waals surface area contributed by atoms with E-state index in [4.69, 9.17) is 14.2 Å². The van der Waals surface area contributed by atoms with Crippen LogP contribution in [0.2, 0.25) is 0 Å². The summed E-state index contributed by atoms with van der Waals surface area (Å²) in [6, 6.07) is 0. The lowest BCUT2D eigenvalue weighted by Gasteiger charge is -2.18. The van der Waals surface area contributed by atoms with Crippen molar-refractivity contribution in [2.45, 2.75) is 264 Å². The van der Waals surface area contributed by atoms with Crippen LogP contribution in [0.1, 0.15) is 258 Å². The van der Waals surface area contributed by atoms with Gasteiger partial charge in [0.25, 0.3) is 0 Å². The summed E-state index contributed by atoms with van der Waals surface area (Å²) in [5.41, 5.74) is 0. The summed E-state index contributed by atoms with van der Waals surface area (Å²) in [5.74, 6) is -0.908. The molecule has 0 aromatic heterocycles. The maximum Gasteiger partial charge on any atom is 0.306 e. The first-order valence-electron chi connectivity index (χ1n) is 25.6. The van der Waals surface area contributed by atoms with Gasteiger partial charge in [-0.2, -0.15) is 0 Å². The topological polar surface area (TPSA) is 78.9 Å². The maximum absolute atomic E-state index is 12.8. The van der Waals surface area contributed by atoms with Crippen molar-refractivity contribution in [2.24, 2.45) is 0 Å². The number of hydrogen-bond acceptors (Lipinski definition) is 6. The van der Waals surface area contributed by atoms with Gasteiger partial charge in [0.1, 0.15) is 13.2 Å². The molecule has 6 heteroatoms. The van der Waals surface area contributed by atoms with Crippen LogP contribution in [-0.2, 0) is 28.6 Å². The first kappa shape index (κ1) is 57.4. The molecule has 348 valence electrons. The third kappa shape index (κ3) is 46.4. The van der Waals surface area contributed by atoms with E-state index in [9.17, 15) is 14.4 Å². The van der Waals surface area contributed by atoms with Crippen LogP contribution < -0.4 is 0 Å². The lowest BCUT2D eigenvalue weighted by molar-refractivity contribution is -0.167. The quantitative estimate of drug-likeness (QED) is 0.0263. The first-order valence-corrected chi connectivity index (χ1v) is 25.6. The molecule has 0 aliphatic rings. The molecule has 0 aromatic carbocycles. The fourth-order valence-electron chi connectivity index (χ4n) is 7.22. The highest BCUT2D eigenvalue weighted by Gasteiger charge is 2.19. The van der Waals surface area contributed by atoms with Gasteiger partial charge >= 0.3 is 17.9 Å². The number of carbonyl (C=O) groups is 3. The molecule has 0 radical (unpaired) electrons. The molecule has 1 unspecified atom stereocenters. The molecule has 0 heterocycles. The van der Waals surface area contributed by atoms with E-state index in [1.807, 2.05) is 0 Å². The Hall–Kier alpha value is -2.63. The van der Waals surface area contributed by atoms with Crippen molar-refractivity contribution in [3.8, 4) is 0 Å². The molecular formula is C54H96O6. The molecule has 0 spiro atoms. The van der Waals surface area contributed by atoms with Crippen molar-refractivity contribution in [1.29, 1.82) is 0 Å². The summed E-state index contributed by atoms with van der Waals surface area (Å²) in [5, 5.41) is 0. The van der Waals surface area contributed by atoms with Crippen molar-refractivity contribution < 1.29 is 28.6 Å². The SMILES string of the molecule is CC/C=C\C/C=C\C/C=C\CCCCCCC(=O)OC(COC(=O)CCCCCCC/C=C\CCCCC)COC(=O)CCCCCCCCCCCCCCCCCC. The van der Waals surface area contributed by atoms with E-state index in [0.29, 0.717) is 19.3 Å².